The van der Waals surface area contributed by atoms with Crippen LogP contribution in [0.5, 0.6) is 0 Å². The third-order valence-electron chi connectivity index (χ3n) is 1.15. The second kappa shape index (κ2) is 5.65. The maximum Gasteiger partial charge on any atom is 0.394 e. The first-order valence-electron chi connectivity index (χ1n) is 3.46. The van der Waals surface area contributed by atoms with Crippen LogP contribution in [0.4, 0.5) is 18.9 Å². The monoisotopic (exact) mass is 260 g/mol. The van der Waals surface area contributed by atoms with Gasteiger partial charge in [0.2, 0.25) is 0 Å². The highest BCUT2D eigenvalue weighted by atomic mass is 32.3. The number of hydrogen-bond donors (Lipinski definition) is 4. The Morgan fingerprint density at radius 2 is 1.44 bits per heavy atom. The lowest BCUT2D eigenvalue weighted by atomic mass is 10.3. The standard InChI is InChI=1S/C6H5F3N2.H2O4S/c7-3-1-4(8)6(11-10)5(9)2-3;1-5(2,3)4/h1-2,11H,10H2;(H2,1,2,3,4). The van der Waals surface area contributed by atoms with Gasteiger partial charge in [0.15, 0.2) is 11.6 Å². The molecule has 0 aromatic heterocycles. The van der Waals surface area contributed by atoms with Gasteiger partial charge in [-0.15, -0.1) is 0 Å². The summed E-state index contributed by atoms with van der Waals surface area (Å²) >= 11 is 0. The van der Waals surface area contributed by atoms with E-state index in [0.717, 1.165) is 0 Å². The van der Waals surface area contributed by atoms with Gasteiger partial charge in [0.05, 0.1) is 0 Å². The largest absolute Gasteiger partial charge is 0.394 e. The zero-order chi connectivity index (χ0) is 12.9. The zero-order valence-corrected chi connectivity index (χ0v) is 8.30. The van der Waals surface area contributed by atoms with Gasteiger partial charge in [0.1, 0.15) is 11.5 Å². The van der Waals surface area contributed by atoms with Gasteiger partial charge in [0, 0.05) is 12.1 Å². The molecule has 0 saturated carbocycles. The molecular formula is C6H7F3N2O4S. The minimum Gasteiger partial charge on any atom is -0.319 e. The van der Waals surface area contributed by atoms with Crippen LogP contribution in [0.15, 0.2) is 12.1 Å². The maximum atomic E-state index is 12.5. The lowest BCUT2D eigenvalue weighted by molar-refractivity contribution is 0.381. The summed E-state index contributed by atoms with van der Waals surface area (Å²) in [6.07, 6.45) is 0. The second-order valence-electron chi connectivity index (χ2n) is 2.34. The van der Waals surface area contributed by atoms with Crippen LogP contribution in [0.1, 0.15) is 0 Å². The number of rotatable bonds is 1. The molecule has 1 rings (SSSR count). The molecule has 1 aromatic rings. The van der Waals surface area contributed by atoms with E-state index in [1.807, 2.05) is 0 Å². The first-order valence-corrected chi connectivity index (χ1v) is 4.86. The summed E-state index contributed by atoms with van der Waals surface area (Å²) in [5.74, 6) is 1.67. The zero-order valence-electron chi connectivity index (χ0n) is 7.49. The maximum absolute atomic E-state index is 12.5. The van der Waals surface area contributed by atoms with Gasteiger partial charge in [-0.2, -0.15) is 8.42 Å². The summed E-state index contributed by atoms with van der Waals surface area (Å²) < 4.78 is 68.8. The van der Waals surface area contributed by atoms with Crippen molar-refractivity contribution >= 4 is 16.1 Å². The topological polar surface area (TPSA) is 113 Å². The summed E-state index contributed by atoms with van der Waals surface area (Å²) in [4.78, 5) is 0. The summed E-state index contributed by atoms with van der Waals surface area (Å²) in [6, 6.07) is 1.08. The highest BCUT2D eigenvalue weighted by Crippen LogP contribution is 2.18. The summed E-state index contributed by atoms with van der Waals surface area (Å²) in [5, 5.41) is 0. The van der Waals surface area contributed by atoms with Gasteiger partial charge >= 0.3 is 10.4 Å². The van der Waals surface area contributed by atoms with Gasteiger partial charge in [-0.1, -0.05) is 0 Å². The molecule has 0 saturated heterocycles. The summed E-state index contributed by atoms with van der Waals surface area (Å²) in [7, 11) is -4.67. The Balaban J connectivity index is 0.000000385. The van der Waals surface area contributed by atoms with Crippen LogP contribution in [-0.4, -0.2) is 17.5 Å². The number of benzene rings is 1. The third kappa shape index (κ3) is 6.19. The van der Waals surface area contributed by atoms with Crippen LogP contribution in [0.3, 0.4) is 0 Å². The summed E-state index contributed by atoms with van der Waals surface area (Å²) in [5.41, 5.74) is 1.24. The van der Waals surface area contributed by atoms with Crippen molar-refractivity contribution in [2.45, 2.75) is 0 Å². The molecule has 16 heavy (non-hydrogen) atoms. The van der Waals surface area contributed by atoms with Crippen molar-refractivity contribution in [3.05, 3.63) is 29.6 Å². The highest BCUT2D eigenvalue weighted by molar-refractivity contribution is 7.79. The number of nitrogen functional groups attached to an aromatic ring is 1. The fourth-order valence-corrected chi connectivity index (χ4v) is 0.680. The van der Waals surface area contributed by atoms with E-state index in [-0.39, 0.29) is 0 Å². The molecule has 0 unspecified atom stereocenters. The summed E-state index contributed by atoms with van der Waals surface area (Å²) in [6.45, 7) is 0. The van der Waals surface area contributed by atoms with E-state index < -0.39 is 33.5 Å². The molecule has 92 valence electrons. The number of anilines is 1. The van der Waals surface area contributed by atoms with Crippen molar-refractivity contribution in [2.75, 3.05) is 5.43 Å². The minimum atomic E-state index is -4.67. The molecule has 0 radical (unpaired) electrons. The third-order valence-corrected chi connectivity index (χ3v) is 1.15. The molecular weight excluding hydrogens is 253 g/mol. The Morgan fingerprint density at radius 1 is 1.12 bits per heavy atom. The Morgan fingerprint density at radius 3 is 1.69 bits per heavy atom. The van der Waals surface area contributed by atoms with Crippen molar-refractivity contribution in [1.82, 2.24) is 0 Å². The van der Waals surface area contributed by atoms with Crippen LogP contribution >= 0.6 is 0 Å². The molecule has 10 heteroatoms. The van der Waals surface area contributed by atoms with E-state index in [1.165, 1.54) is 0 Å². The van der Waals surface area contributed by atoms with Crippen LogP contribution in [0, 0.1) is 17.5 Å². The predicted molar refractivity (Wildman–Crippen MR) is 48.3 cm³/mol. The molecule has 0 aliphatic heterocycles. The van der Waals surface area contributed by atoms with Gasteiger partial charge in [-0.05, 0) is 0 Å². The van der Waals surface area contributed by atoms with Crippen molar-refractivity contribution < 1.29 is 30.7 Å². The number of nitrogens with one attached hydrogen (secondary N) is 1. The van der Waals surface area contributed by atoms with E-state index in [4.69, 9.17) is 23.4 Å². The van der Waals surface area contributed by atoms with Gasteiger partial charge < -0.3 is 5.43 Å². The fourth-order valence-electron chi connectivity index (χ4n) is 0.680. The van der Waals surface area contributed by atoms with Gasteiger partial charge in [0.25, 0.3) is 0 Å². The van der Waals surface area contributed by atoms with E-state index in [9.17, 15) is 13.2 Å². The van der Waals surface area contributed by atoms with Crippen LogP contribution in [-0.2, 0) is 10.4 Å². The van der Waals surface area contributed by atoms with Crippen LogP contribution < -0.4 is 11.3 Å². The molecule has 0 spiro atoms. The number of hydrogen-bond acceptors (Lipinski definition) is 4. The molecule has 5 N–H and O–H groups in total. The Bertz CT molecular complexity index is 434. The molecule has 0 aliphatic carbocycles. The first-order chi connectivity index (χ1) is 7.15. The Kier molecular flexibility index (Phi) is 5.17. The highest BCUT2D eigenvalue weighted by Gasteiger charge is 2.08. The predicted octanol–water partition coefficient (Wildman–Crippen LogP) is 0.737. The molecule has 0 aliphatic rings. The molecule has 0 heterocycles. The van der Waals surface area contributed by atoms with Crippen LogP contribution in [0.2, 0.25) is 0 Å². The molecule has 1 aromatic carbocycles. The van der Waals surface area contributed by atoms with Crippen molar-refractivity contribution in [3.63, 3.8) is 0 Å². The SMILES string of the molecule is NNc1c(F)cc(F)cc1F.O=S(=O)(O)O. The van der Waals surface area contributed by atoms with E-state index in [1.54, 1.807) is 5.43 Å². The molecule has 6 nitrogen and oxygen atoms in total. The van der Waals surface area contributed by atoms with Gasteiger partial charge in [-0.25, -0.2) is 13.2 Å². The smallest absolute Gasteiger partial charge is 0.319 e. The molecule has 0 atom stereocenters. The number of hydrazine groups is 1. The van der Waals surface area contributed by atoms with E-state index in [2.05, 4.69) is 0 Å². The first kappa shape index (κ1) is 14.6. The van der Waals surface area contributed by atoms with E-state index >= 15 is 0 Å². The van der Waals surface area contributed by atoms with E-state index in [0.29, 0.717) is 12.1 Å². The fraction of sp³-hybridized carbons (Fsp3) is 0. The van der Waals surface area contributed by atoms with Crippen LogP contribution in [0.25, 0.3) is 0 Å². The quantitative estimate of drug-likeness (QED) is 0.336. The Labute approximate surface area is 88.4 Å². The minimum absolute atomic E-state index is 0.536. The lowest BCUT2D eigenvalue weighted by Gasteiger charge is -2.02. The normalized spacial score (nSPS) is 10.4. The number of nitrogens with two attached hydrogens (primary N) is 1. The van der Waals surface area contributed by atoms with Crippen molar-refractivity contribution in [2.24, 2.45) is 5.84 Å². The Hall–Kier alpha value is -1.36. The average molecular weight is 260 g/mol. The molecule has 0 amide bonds. The molecule has 0 fully saturated rings. The van der Waals surface area contributed by atoms with Crippen molar-refractivity contribution in [1.29, 1.82) is 0 Å². The second-order valence-corrected chi connectivity index (χ2v) is 3.23. The molecule has 0 bridgehead atoms. The van der Waals surface area contributed by atoms with Crippen molar-refractivity contribution in [3.8, 4) is 0 Å². The lowest BCUT2D eigenvalue weighted by Crippen LogP contribution is -2.10. The number of halogens is 3. The van der Waals surface area contributed by atoms with Gasteiger partial charge in [-0.3, -0.25) is 14.9 Å². The average Bonchev–Trinajstić information content (AvgIpc) is 1.99.